The highest BCUT2D eigenvalue weighted by atomic mass is 32.1. The molecule has 0 aliphatic carbocycles. The molecule has 24 heavy (non-hydrogen) atoms. The van der Waals surface area contributed by atoms with E-state index >= 15 is 0 Å². The first-order valence-electron chi connectivity index (χ1n) is 6.85. The maximum absolute atomic E-state index is 11.7. The van der Waals surface area contributed by atoms with E-state index in [1.54, 1.807) is 41.9 Å². The summed E-state index contributed by atoms with van der Waals surface area (Å²) in [6, 6.07) is 9.57. The molecule has 0 aliphatic rings. The van der Waals surface area contributed by atoms with Gasteiger partial charge in [0, 0.05) is 23.7 Å². The lowest BCUT2D eigenvalue weighted by Crippen LogP contribution is -2.06. The minimum absolute atomic E-state index is 0.0381. The number of carbonyl (C=O) groups excluding carboxylic acids is 1. The van der Waals surface area contributed by atoms with Crippen molar-refractivity contribution in [1.82, 2.24) is 4.98 Å². The van der Waals surface area contributed by atoms with Crippen LogP contribution in [0.15, 0.2) is 58.5 Å². The smallest absolute Gasteiger partial charge is 0.280 e. The Bertz CT molecular complexity index is 900. The van der Waals surface area contributed by atoms with Gasteiger partial charge in [0.2, 0.25) is 5.91 Å². The largest absolute Gasteiger partial charge is 0.456 e. The van der Waals surface area contributed by atoms with Crippen molar-refractivity contribution in [1.29, 1.82) is 0 Å². The van der Waals surface area contributed by atoms with Crippen LogP contribution in [0, 0.1) is 10.1 Å². The number of nitrogens with one attached hydrogen (secondary N) is 1. The molecular formula is C16H11N3O4S. The average molecular weight is 341 g/mol. The van der Waals surface area contributed by atoms with Gasteiger partial charge in [-0.2, -0.15) is 0 Å². The normalized spacial score (nSPS) is 10.8. The van der Waals surface area contributed by atoms with Gasteiger partial charge in [0.25, 0.3) is 5.69 Å². The second-order valence-electron chi connectivity index (χ2n) is 4.64. The van der Waals surface area contributed by atoms with E-state index in [2.05, 4.69) is 10.3 Å². The number of benzene rings is 1. The van der Waals surface area contributed by atoms with E-state index in [9.17, 15) is 14.9 Å². The minimum Gasteiger partial charge on any atom is -0.456 e. The summed E-state index contributed by atoms with van der Waals surface area (Å²) < 4.78 is 5.56. The highest BCUT2D eigenvalue weighted by Gasteiger charge is 2.16. The molecule has 0 saturated heterocycles. The maximum atomic E-state index is 11.7. The molecule has 2 heterocycles. The Morgan fingerprint density at radius 1 is 1.29 bits per heavy atom. The molecule has 7 nitrogen and oxygen atoms in total. The number of amides is 1. The molecule has 3 rings (SSSR count). The predicted octanol–water partition coefficient (Wildman–Crippen LogP) is 3.96. The van der Waals surface area contributed by atoms with Gasteiger partial charge in [-0.3, -0.25) is 20.2 Å². The molecule has 1 aromatic carbocycles. The second-order valence-corrected chi connectivity index (χ2v) is 5.53. The average Bonchev–Trinajstić information content (AvgIpc) is 3.24. The van der Waals surface area contributed by atoms with Crippen LogP contribution >= 0.6 is 11.3 Å². The fraction of sp³-hybridized carbons (Fsp3) is 0. The number of nitro benzene ring substituents is 1. The summed E-state index contributed by atoms with van der Waals surface area (Å²) in [5, 5.41) is 15.9. The van der Waals surface area contributed by atoms with Crippen molar-refractivity contribution in [2.24, 2.45) is 0 Å². The van der Waals surface area contributed by atoms with E-state index in [0.717, 1.165) is 0 Å². The van der Waals surface area contributed by atoms with Gasteiger partial charge in [-0.1, -0.05) is 12.1 Å². The molecule has 2 aromatic heterocycles. The Labute approximate surface area is 140 Å². The number of para-hydroxylation sites is 1. The first kappa shape index (κ1) is 15.6. The van der Waals surface area contributed by atoms with Crippen molar-refractivity contribution in [2.75, 3.05) is 5.32 Å². The van der Waals surface area contributed by atoms with Crippen LogP contribution in [0.2, 0.25) is 0 Å². The second kappa shape index (κ2) is 6.88. The molecule has 1 N–H and O–H groups in total. The summed E-state index contributed by atoms with van der Waals surface area (Å²) >= 11 is 1.31. The van der Waals surface area contributed by atoms with E-state index in [0.29, 0.717) is 22.2 Å². The summed E-state index contributed by atoms with van der Waals surface area (Å²) in [6.07, 6.45) is 4.39. The summed E-state index contributed by atoms with van der Waals surface area (Å²) in [5.74, 6) is 0.438. The summed E-state index contributed by atoms with van der Waals surface area (Å²) in [4.78, 5) is 26.3. The van der Waals surface area contributed by atoms with Crippen LogP contribution in [-0.2, 0) is 4.79 Å². The number of hydrogen-bond donors (Lipinski definition) is 1. The number of rotatable bonds is 5. The summed E-state index contributed by atoms with van der Waals surface area (Å²) in [7, 11) is 0. The molecule has 3 aromatic rings. The van der Waals surface area contributed by atoms with Gasteiger partial charge in [-0.25, -0.2) is 4.98 Å². The topological polar surface area (TPSA) is 98.3 Å². The molecule has 0 bridgehead atoms. The van der Waals surface area contributed by atoms with Crippen molar-refractivity contribution in [3.05, 3.63) is 69.9 Å². The summed E-state index contributed by atoms with van der Waals surface area (Å²) in [5.41, 5.74) is 0.346. The van der Waals surface area contributed by atoms with Crippen molar-refractivity contribution >= 4 is 34.1 Å². The fourth-order valence-electron chi connectivity index (χ4n) is 2.02. The van der Waals surface area contributed by atoms with Crippen LogP contribution in [0.25, 0.3) is 17.4 Å². The molecule has 0 radical (unpaired) electrons. The number of anilines is 1. The highest BCUT2D eigenvalue weighted by molar-refractivity contribution is 7.13. The zero-order valence-electron chi connectivity index (χ0n) is 12.2. The van der Waals surface area contributed by atoms with Crippen LogP contribution in [0.4, 0.5) is 10.8 Å². The zero-order chi connectivity index (χ0) is 16.9. The number of nitrogens with zero attached hydrogens (tertiary/aromatic N) is 2. The van der Waals surface area contributed by atoms with Gasteiger partial charge in [0.15, 0.2) is 5.13 Å². The van der Waals surface area contributed by atoms with E-state index in [4.69, 9.17) is 4.42 Å². The van der Waals surface area contributed by atoms with Gasteiger partial charge in [-0.15, -0.1) is 11.3 Å². The Kier molecular flexibility index (Phi) is 4.48. The molecule has 0 aliphatic heterocycles. The minimum atomic E-state index is -0.463. The van der Waals surface area contributed by atoms with Crippen molar-refractivity contribution in [3.8, 4) is 11.3 Å². The lowest BCUT2D eigenvalue weighted by atomic mass is 10.1. The Morgan fingerprint density at radius 3 is 2.88 bits per heavy atom. The molecular weight excluding hydrogens is 330 g/mol. The molecule has 0 atom stereocenters. The molecule has 1 amide bonds. The molecule has 0 fully saturated rings. The van der Waals surface area contributed by atoms with Crippen molar-refractivity contribution in [2.45, 2.75) is 0 Å². The first-order chi connectivity index (χ1) is 11.6. The zero-order valence-corrected chi connectivity index (χ0v) is 13.0. The van der Waals surface area contributed by atoms with Crippen LogP contribution in [0.3, 0.4) is 0 Å². The third kappa shape index (κ3) is 3.55. The summed E-state index contributed by atoms with van der Waals surface area (Å²) in [6.45, 7) is 0. The molecule has 8 heteroatoms. The Hall–Kier alpha value is -3.26. The molecule has 0 saturated carbocycles. The van der Waals surface area contributed by atoms with Crippen LogP contribution in [0.5, 0.6) is 0 Å². The number of furan rings is 1. The van der Waals surface area contributed by atoms with Crippen LogP contribution < -0.4 is 5.32 Å². The Balaban J connectivity index is 1.75. The Morgan fingerprint density at radius 2 is 2.12 bits per heavy atom. The van der Waals surface area contributed by atoms with E-state index < -0.39 is 4.92 Å². The molecule has 120 valence electrons. The lowest BCUT2D eigenvalue weighted by molar-refractivity contribution is -0.384. The van der Waals surface area contributed by atoms with Gasteiger partial charge >= 0.3 is 0 Å². The third-order valence-corrected chi connectivity index (χ3v) is 3.74. The van der Waals surface area contributed by atoms with Gasteiger partial charge in [-0.05, 0) is 24.3 Å². The first-order valence-corrected chi connectivity index (χ1v) is 7.73. The maximum Gasteiger partial charge on any atom is 0.280 e. The van der Waals surface area contributed by atoms with Gasteiger partial charge in [0.1, 0.15) is 11.5 Å². The monoisotopic (exact) mass is 341 g/mol. The fourth-order valence-corrected chi connectivity index (χ4v) is 2.55. The lowest BCUT2D eigenvalue weighted by Gasteiger charge is -1.98. The number of carbonyl (C=O) groups is 1. The quantitative estimate of drug-likeness (QED) is 0.430. The van der Waals surface area contributed by atoms with E-state index in [1.165, 1.54) is 29.6 Å². The van der Waals surface area contributed by atoms with Gasteiger partial charge < -0.3 is 4.42 Å². The number of hydrogen-bond acceptors (Lipinski definition) is 6. The van der Waals surface area contributed by atoms with Crippen LogP contribution in [0.1, 0.15) is 5.76 Å². The SMILES string of the molecule is O=C(/C=C/c1ccc(-c2ccccc2[N+](=O)[O-])o1)Nc1nccs1. The standard InChI is InChI=1S/C16H11N3O4S/c20-15(18-16-17-9-10-24-16)8-6-11-5-7-14(23-11)12-3-1-2-4-13(12)19(21)22/h1-10H,(H,17,18,20)/b8-6+. The van der Waals surface area contributed by atoms with Crippen LogP contribution in [-0.4, -0.2) is 15.8 Å². The number of thiazole rings is 1. The number of nitro groups is 1. The van der Waals surface area contributed by atoms with E-state index in [1.807, 2.05) is 0 Å². The number of aromatic nitrogens is 1. The van der Waals surface area contributed by atoms with Crippen molar-refractivity contribution < 1.29 is 14.1 Å². The van der Waals surface area contributed by atoms with Gasteiger partial charge in [0.05, 0.1) is 10.5 Å². The molecule has 0 spiro atoms. The van der Waals surface area contributed by atoms with E-state index in [-0.39, 0.29) is 11.6 Å². The third-order valence-electron chi connectivity index (χ3n) is 3.05. The predicted molar refractivity (Wildman–Crippen MR) is 90.6 cm³/mol. The van der Waals surface area contributed by atoms with Crippen molar-refractivity contribution in [3.63, 3.8) is 0 Å². The highest BCUT2D eigenvalue weighted by Crippen LogP contribution is 2.31. The molecule has 0 unspecified atom stereocenters.